The van der Waals surface area contributed by atoms with Gasteiger partial charge in [-0.25, -0.2) is 9.18 Å². The predicted octanol–water partition coefficient (Wildman–Crippen LogP) is 2.36. The molecule has 2 aliphatic rings. The summed E-state index contributed by atoms with van der Waals surface area (Å²) in [5.74, 6) is -1.20. The molecule has 0 N–H and O–H groups in total. The van der Waals surface area contributed by atoms with Gasteiger partial charge < -0.3 is 14.4 Å². The quantitative estimate of drug-likeness (QED) is 0.571. The number of likely N-dealkylation sites (N-methyl/N-ethyl adjacent to an activating group) is 1. The van der Waals surface area contributed by atoms with E-state index in [1.807, 2.05) is 0 Å². The van der Waals surface area contributed by atoms with Gasteiger partial charge in [0.05, 0.1) is 11.3 Å². The number of benzene rings is 2. The van der Waals surface area contributed by atoms with Gasteiger partial charge in [-0.1, -0.05) is 12.1 Å². The van der Waals surface area contributed by atoms with Crippen molar-refractivity contribution in [2.45, 2.75) is 18.5 Å². The van der Waals surface area contributed by atoms with Gasteiger partial charge in [0.25, 0.3) is 5.91 Å². The molecule has 1 saturated heterocycles. The van der Waals surface area contributed by atoms with Crippen molar-refractivity contribution in [3.8, 4) is 5.75 Å². The number of para-hydroxylation sites is 1. The molecule has 2 aromatic rings. The number of hydrogen-bond donors (Lipinski definition) is 0. The van der Waals surface area contributed by atoms with Crippen LogP contribution in [-0.2, 0) is 14.3 Å². The van der Waals surface area contributed by atoms with E-state index >= 15 is 0 Å². The van der Waals surface area contributed by atoms with Gasteiger partial charge >= 0.3 is 5.97 Å². The summed E-state index contributed by atoms with van der Waals surface area (Å²) in [5.41, 5.74) is -0.718. The maximum Gasteiger partial charge on any atom is 0.353 e. The number of hydrogen-bond acceptors (Lipinski definition) is 5. The number of carbonyl (C=O) groups is 3. The minimum atomic E-state index is -1.50. The van der Waals surface area contributed by atoms with E-state index in [-0.39, 0.29) is 43.7 Å². The van der Waals surface area contributed by atoms with Gasteiger partial charge in [0.2, 0.25) is 11.6 Å². The normalized spacial score (nSPS) is 20.3. The third-order valence-electron chi connectivity index (χ3n) is 5.27. The first-order valence-corrected chi connectivity index (χ1v) is 9.21. The highest BCUT2D eigenvalue weighted by Gasteiger charge is 2.60. The molecule has 29 heavy (non-hydrogen) atoms. The zero-order valence-corrected chi connectivity index (χ0v) is 15.8. The number of nitrogens with zero attached hydrogens (tertiary/aromatic N) is 2. The summed E-state index contributed by atoms with van der Waals surface area (Å²) in [4.78, 5) is 41.1. The highest BCUT2D eigenvalue weighted by molar-refractivity contribution is 6.15. The van der Waals surface area contributed by atoms with Crippen molar-refractivity contribution in [2.24, 2.45) is 0 Å². The summed E-state index contributed by atoms with van der Waals surface area (Å²) in [6, 6.07) is 12.2. The average Bonchev–Trinajstić information content (AvgIpc) is 3.09. The van der Waals surface area contributed by atoms with Crippen molar-refractivity contribution < 1.29 is 28.2 Å². The number of rotatable bonds is 5. The lowest BCUT2D eigenvalue weighted by Crippen LogP contribution is -2.67. The van der Waals surface area contributed by atoms with E-state index in [0.717, 1.165) is 0 Å². The average molecular weight is 398 g/mol. The highest BCUT2D eigenvalue weighted by Crippen LogP contribution is 2.44. The van der Waals surface area contributed by atoms with Crippen LogP contribution in [0.2, 0.25) is 0 Å². The number of carbonyl (C=O) groups excluding carboxylic acids is 3. The van der Waals surface area contributed by atoms with Crippen molar-refractivity contribution in [2.75, 3.05) is 25.2 Å². The van der Waals surface area contributed by atoms with E-state index < -0.39 is 11.6 Å². The van der Waals surface area contributed by atoms with Gasteiger partial charge in [-0.15, -0.1) is 0 Å². The molecule has 1 fully saturated rings. The first kappa shape index (κ1) is 18.9. The van der Waals surface area contributed by atoms with E-state index in [1.165, 1.54) is 41.1 Å². The summed E-state index contributed by atoms with van der Waals surface area (Å²) in [6.07, 6.45) is 0.285. The molecule has 0 unspecified atom stereocenters. The van der Waals surface area contributed by atoms with Gasteiger partial charge in [0.1, 0.15) is 24.8 Å². The summed E-state index contributed by atoms with van der Waals surface area (Å²) >= 11 is 0. The Hall–Kier alpha value is -3.42. The fraction of sp³-hybridized carbons (Fsp3) is 0.286. The molecule has 8 heteroatoms. The van der Waals surface area contributed by atoms with E-state index in [4.69, 9.17) is 9.47 Å². The van der Waals surface area contributed by atoms with Crippen LogP contribution in [0.5, 0.6) is 5.75 Å². The minimum absolute atomic E-state index is 0.0512. The lowest BCUT2D eigenvalue weighted by atomic mass is 9.97. The van der Waals surface area contributed by atoms with Crippen molar-refractivity contribution in [3.63, 3.8) is 0 Å². The monoisotopic (exact) mass is 398 g/mol. The van der Waals surface area contributed by atoms with Crippen LogP contribution in [-0.4, -0.2) is 48.6 Å². The summed E-state index contributed by atoms with van der Waals surface area (Å²) in [7, 11) is 1.50. The van der Waals surface area contributed by atoms with Crippen LogP contribution in [0.4, 0.5) is 10.1 Å². The van der Waals surface area contributed by atoms with Crippen LogP contribution >= 0.6 is 0 Å². The van der Waals surface area contributed by atoms with Crippen LogP contribution in [0.3, 0.4) is 0 Å². The molecule has 1 atom stereocenters. The van der Waals surface area contributed by atoms with E-state index in [2.05, 4.69) is 0 Å². The third-order valence-corrected chi connectivity index (χ3v) is 5.27. The van der Waals surface area contributed by atoms with E-state index in [0.29, 0.717) is 17.0 Å². The fourth-order valence-corrected chi connectivity index (χ4v) is 3.83. The smallest absolute Gasteiger partial charge is 0.353 e. The number of halogens is 1. The number of esters is 1. The Labute approximate surface area is 166 Å². The minimum Gasteiger partial charge on any atom is -0.490 e. The Kier molecular flexibility index (Phi) is 4.70. The molecule has 0 spiro atoms. The fourth-order valence-electron chi connectivity index (χ4n) is 3.83. The van der Waals surface area contributed by atoms with Crippen molar-refractivity contribution in [3.05, 3.63) is 59.9 Å². The molecular formula is C21H19FN2O5. The first-order chi connectivity index (χ1) is 13.9. The molecule has 0 radical (unpaired) electrons. The Balaban J connectivity index is 1.51. The summed E-state index contributed by atoms with van der Waals surface area (Å²) in [6.45, 7) is -0.0285. The summed E-state index contributed by atoms with van der Waals surface area (Å²) < 4.78 is 23.7. The molecule has 0 aliphatic carbocycles. The zero-order valence-electron chi connectivity index (χ0n) is 15.8. The molecule has 4 rings (SSSR count). The second kappa shape index (κ2) is 7.20. The number of amides is 2. The van der Waals surface area contributed by atoms with Crippen LogP contribution in [0, 0.1) is 5.82 Å². The zero-order chi connectivity index (χ0) is 20.6. The molecule has 150 valence electrons. The largest absolute Gasteiger partial charge is 0.490 e. The van der Waals surface area contributed by atoms with Crippen LogP contribution in [0.25, 0.3) is 0 Å². The standard InChI is InChI=1S/C21H19FN2O5/c1-23-19(26)16-4-2-3-5-17(16)24-18(25)10-11-21(23,24)20(27)29-13-12-28-15-8-6-14(22)7-9-15/h2-9H,10-13H2,1H3/t21-/m0/s1. The van der Waals surface area contributed by atoms with Gasteiger partial charge in [-0.3, -0.25) is 14.5 Å². The lowest BCUT2D eigenvalue weighted by Gasteiger charge is -2.46. The van der Waals surface area contributed by atoms with Crippen molar-refractivity contribution in [1.29, 1.82) is 0 Å². The molecule has 2 heterocycles. The van der Waals surface area contributed by atoms with Gasteiger partial charge in [-0.2, -0.15) is 0 Å². The molecule has 0 bridgehead atoms. The molecule has 2 aromatic carbocycles. The van der Waals surface area contributed by atoms with Gasteiger partial charge in [0, 0.05) is 19.9 Å². The number of anilines is 1. The molecule has 0 saturated carbocycles. The van der Waals surface area contributed by atoms with Crippen molar-refractivity contribution in [1.82, 2.24) is 4.90 Å². The maximum atomic E-state index is 13.1. The van der Waals surface area contributed by atoms with Crippen LogP contribution in [0.15, 0.2) is 48.5 Å². The lowest BCUT2D eigenvalue weighted by molar-refractivity contribution is -0.157. The molecule has 2 amide bonds. The third kappa shape index (κ3) is 3.00. The Bertz CT molecular complexity index is 977. The molecule has 0 aromatic heterocycles. The topological polar surface area (TPSA) is 76.2 Å². The molecule has 2 aliphatic heterocycles. The summed E-state index contributed by atoms with van der Waals surface area (Å²) in [5, 5.41) is 0. The van der Waals surface area contributed by atoms with E-state index in [9.17, 15) is 18.8 Å². The first-order valence-electron chi connectivity index (χ1n) is 9.21. The second-order valence-electron chi connectivity index (χ2n) is 6.87. The Morgan fingerprint density at radius 2 is 1.83 bits per heavy atom. The van der Waals surface area contributed by atoms with Crippen LogP contribution in [0.1, 0.15) is 23.2 Å². The SMILES string of the molecule is CN1C(=O)c2ccccc2N2C(=O)CC[C@]12C(=O)OCCOc1ccc(F)cc1. The molecule has 7 nitrogen and oxygen atoms in total. The Morgan fingerprint density at radius 3 is 2.59 bits per heavy atom. The van der Waals surface area contributed by atoms with E-state index in [1.54, 1.807) is 24.3 Å². The van der Waals surface area contributed by atoms with Crippen molar-refractivity contribution >= 4 is 23.5 Å². The van der Waals surface area contributed by atoms with Gasteiger partial charge in [-0.05, 0) is 36.4 Å². The number of ether oxygens (including phenoxy) is 2. The number of fused-ring (bicyclic) bond motifs is 3. The Morgan fingerprint density at radius 1 is 1.10 bits per heavy atom. The highest BCUT2D eigenvalue weighted by atomic mass is 19.1. The predicted molar refractivity (Wildman–Crippen MR) is 101 cm³/mol. The van der Waals surface area contributed by atoms with Gasteiger partial charge in [0.15, 0.2) is 0 Å². The van der Waals surface area contributed by atoms with Crippen LogP contribution < -0.4 is 9.64 Å². The maximum absolute atomic E-state index is 13.1. The second-order valence-corrected chi connectivity index (χ2v) is 6.87. The molecular weight excluding hydrogens is 379 g/mol.